The minimum atomic E-state index is -1.13. The summed E-state index contributed by atoms with van der Waals surface area (Å²) in [6, 6.07) is 14.0. The van der Waals surface area contributed by atoms with Gasteiger partial charge in [-0.1, -0.05) is 56.3 Å². The summed E-state index contributed by atoms with van der Waals surface area (Å²) in [6.45, 7) is 3.61. The van der Waals surface area contributed by atoms with E-state index in [0.717, 1.165) is 5.56 Å². The van der Waals surface area contributed by atoms with Gasteiger partial charge in [0.25, 0.3) is 5.56 Å². The Balaban J connectivity index is 1.90. The quantitative estimate of drug-likeness (QED) is 0.642. The number of aromatic nitrogens is 2. The Bertz CT molecular complexity index is 1080. The Morgan fingerprint density at radius 2 is 1.72 bits per heavy atom. The predicted octanol–water partition coefficient (Wildman–Crippen LogP) is 2.41. The highest BCUT2D eigenvalue weighted by Crippen LogP contribution is 2.18. The molecule has 3 aromatic rings. The Kier molecular flexibility index (Phi) is 6.07. The molecule has 2 N–H and O–H groups in total. The number of carbonyl (C=O) groups is 2. The van der Waals surface area contributed by atoms with Gasteiger partial charge in [-0.15, -0.1) is 0 Å². The molecule has 0 aliphatic rings. The first-order valence-electron chi connectivity index (χ1n) is 9.41. The molecule has 7 nitrogen and oxygen atoms in total. The number of nitrogens with one attached hydrogen (secondary N) is 1. The van der Waals surface area contributed by atoms with E-state index in [1.54, 1.807) is 50.2 Å². The number of fused-ring (bicyclic) bond motifs is 1. The first-order chi connectivity index (χ1) is 13.9. The smallest absolute Gasteiger partial charge is 0.326 e. The molecule has 150 valence electrons. The summed E-state index contributed by atoms with van der Waals surface area (Å²) < 4.78 is 1.28. The third-order valence-corrected chi connectivity index (χ3v) is 4.79. The first-order valence-corrected chi connectivity index (χ1v) is 9.41. The number of hydrogen-bond acceptors (Lipinski definition) is 4. The molecule has 0 radical (unpaired) electrons. The fraction of sp³-hybridized carbons (Fsp3) is 0.273. The summed E-state index contributed by atoms with van der Waals surface area (Å²) in [5.74, 6) is -1.90. The molecular formula is C22H23N3O4. The highest BCUT2D eigenvalue weighted by Gasteiger charge is 2.30. The van der Waals surface area contributed by atoms with Crippen molar-refractivity contribution in [1.82, 2.24) is 14.9 Å². The molecule has 29 heavy (non-hydrogen) atoms. The van der Waals surface area contributed by atoms with E-state index >= 15 is 0 Å². The number of para-hydroxylation sites is 1. The van der Waals surface area contributed by atoms with Crippen LogP contribution in [0.5, 0.6) is 0 Å². The molecule has 7 heteroatoms. The van der Waals surface area contributed by atoms with Crippen molar-refractivity contribution in [3.63, 3.8) is 0 Å². The van der Waals surface area contributed by atoms with Crippen molar-refractivity contribution < 1.29 is 14.7 Å². The third kappa shape index (κ3) is 4.51. The molecular weight excluding hydrogens is 370 g/mol. The van der Waals surface area contributed by atoms with E-state index in [0.29, 0.717) is 10.9 Å². The molecule has 0 saturated carbocycles. The molecule has 3 rings (SSSR count). The number of carbonyl (C=O) groups excluding carboxylic acids is 1. The van der Waals surface area contributed by atoms with Crippen LogP contribution in [-0.4, -0.2) is 32.6 Å². The van der Waals surface area contributed by atoms with Crippen molar-refractivity contribution in [3.8, 4) is 0 Å². The summed E-state index contributed by atoms with van der Waals surface area (Å²) in [7, 11) is 0. The second-order valence-electron chi connectivity index (χ2n) is 7.25. The van der Waals surface area contributed by atoms with Crippen molar-refractivity contribution in [2.24, 2.45) is 5.92 Å². The van der Waals surface area contributed by atoms with E-state index in [4.69, 9.17) is 0 Å². The van der Waals surface area contributed by atoms with Crippen LogP contribution in [0.3, 0.4) is 0 Å². The maximum atomic E-state index is 13.0. The molecule has 0 fully saturated rings. The molecule has 2 aromatic carbocycles. The lowest BCUT2D eigenvalue weighted by Gasteiger charge is -2.25. The van der Waals surface area contributed by atoms with Gasteiger partial charge in [0.15, 0.2) is 0 Å². The normalized spacial score (nSPS) is 13.2. The lowest BCUT2D eigenvalue weighted by Crippen LogP contribution is -2.48. The van der Waals surface area contributed by atoms with Crippen molar-refractivity contribution >= 4 is 22.8 Å². The summed E-state index contributed by atoms with van der Waals surface area (Å²) in [4.78, 5) is 41.9. The molecule has 0 bridgehead atoms. The third-order valence-electron chi connectivity index (χ3n) is 4.79. The number of rotatable bonds is 7. The fourth-order valence-electron chi connectivity index (χ4n) is 3.34. The monoisotopic (exact) mass is 393 g/mol. The Hall–Kier alpha value is -3.48. The fourth-order valence-corrected chi connectivity index (χ4v) is 3.34. The first kappa shape index (κ1) is 20.3. The van der Waals surface area contributed by atoms with Crippen LogP contribution in [-0.2, 0) is 16.0 Å². The van der Waals surface area contributed by atoms with Gasteiger partial charge in [0, 0.05) is 6.42 Å². The van der Waals surface area contributed by atoms with Gasteiger partial charge >= 0.3 is 5.97 Å². The minimum absolute atomic E-state index is 0.150. The van der Waals surface area contributed by atoms with E-state index in [-0.39, 0.29) is 17.9 Å². The van der Waals surface area contributed by atoms with Gasteiger partial charge < -0.3 is 10.4 Å². The average Bonchev–Trinajstić information content (AvgIpc) is 2.70. The number of carboxylic acids is 1. The van der Waals surface area contributed by atoms with E-state index in [1.807, 2.05) is 18.2 Å². The van der Waals surface area contributed by atoms with Gasteiger partial charge in [0.05, 0.1) is 17.2 Å². The van der Waals surface area contributed by atoms with Crippen LogP contribution in [0.2, 0.25) is 0 Å². The van der Waals surface area contributed by atoms with Crippen LogP contribution in [0, 0.1) is 5.92 Å². The zero-order chi connectivity index (χ0) is 21.0. The topological polar surface area (TPSA) is 101 Å². The van der Waals surface area contributed by atoms with Crippen LogP contribution < -0.4 is 10.9 Å². The van der Waals surface area contributed by atoms with Gasteiger partial charge in [-0.2, -0.15) is 0 Å². The molecule has 1 amide bonds. The molecule has 0 aliphatic carbocycles. The van der Waals surface area contributed by atoms with Gasteiger partial charge in [-0.25, -0.2) is 9.78 Å². The summed E-state index contributed by atoms with van der Waals surface area (Å²) in [6.07, 6.45) is 1.50. The summed E-state index contributed by atoms with van der Waals surface area (Å²) in [5, 5.41) is 12.6. The van der Waals surface area contributed by atoms with E-state index in [9.17, 15) is 19.5 Å². The SMILES string of the molecule is CC(C)[C@@H](C(=O)N[C@@H](Cc1ccccc1)C(=O)O)n1cnc2ccccc2c1=O. The minimum Gasteiger partial charge on any atom is -0.480 e. The molecule has 0 spiro atoms. The summed E-state index contributed by atoms with van der Waals surface area (Å²) in [5.41, 5.74) is 1.01. The number of nitrogens with zero attached hydrogens (tertiary/aromatic N) is 2. The maximum Gasteiger partial charge on any atom is 0.326 e. The van der Waals surface area contributed by atoms with E-state index < -0.39 is 24.0 Å². The zero-order valence-electron chi connectivity index (χ0n) is 16.3. The van der Waals surface area contributed by atoms with Crippen molar-refractivity contribution in [2.45, 2.75) is 32.4 Å². The van der Waals surface area contributed by atoms with E-state index in [2.05, 4.69) is 10.3 Å². The predicted molar refractivity (Wildman–Crippen MR) is 110 cm³/mol. The summed E-state index contributed by atoms with van der Waals surface area (Å²) >= 11 is 0. The number of amides is 1. The van der Waals surface area contributed by atoms with Gasteiger partial charge in [0.1, 0.15) is 12.1 Å². The van der Waals surface area contributed by atoms with Crippen molar-refractivity contribution in [2.75, 3.05) is 0 Å². The Labute approximate surface area is 168 Å². The standard InChI is InChI=1S/C22H23N3O4/c1-14(2)19(25-13-23-17-11-7-6-10-16(17)21(25)27)20(26)24-18(22(28)29)12-15-8-4-3-5-9-15/h3-11,13-14,18-19H,12H2,1-2H3,(H,24,26)(H,28,29)/t18-,19-/m0/s1. The van der Waals surface area contributed by atoms with Crippen LogP contribution in [0.1, 0.15) is 25.5 Å². The zero-order valence-corrected chi connectivity index (χ0v) is 16.3. The van der Waals surface area contributed by atoms with Crippen LogP contribution >= 0.6 is 0 Å². The second-order valence-corrected chi connectivity index (χ2v) is 7.25. The molecule has 0 saturated heterocycles. The largest absolute Gasteiger partial charge is 0.480 e. The molecule has 1 aromatic heterocycles. The van der Waals surface area contributed by atoms with Crippen molar-refractivity contribution in [1.29, 1.82) is 0 Å². The van der Waals surface area contributed by atoms with E-state index in [1.165, 1.54) is 10.9 Å². The molecule has 1 heterocycles. The van der Waals surface area contributed by atoms with Crippen LogP contribution in [0.15, 0.2) is 65.7 Å². The number of hydrogen-bond donors (Lipinski definition) is 2. The highest BCUT2D eigenvalue weighted by atomic mass is 16.4. The van der Waals surface area contributed by atoms with Crippen molar-refractivity contribution in [3.05, 3.63) is 76.8 Å². The highest BCUT2D eigenvalue weighted by molar-refractivity contribution is 5.86. The Morgan fingerprint density at radius 1 is 1.07 bits per heavy atom. The molecule has 0 aliphatic heterocycles. The Morgan fingerprint density at radius 3 is 2.38 bits per heavy atom. The second kappa shape index (κ2) is 8.68. The lowest BCUT2D eigenvalue weighted by molar-refractivity contribution is -0.142. The maximum absolute atomic E-state index is 13.0. The molecule has 2 atom stereocenters. The molecule has 0 unspecified atom stereocenters. The number of benzene rings is 2. The van der Waals surface area contributed by atoms with Crippen LogP contribution in [0.4, 0.5) is 0 Å². The van der Waals surface area contributed by atoms with Gasteiger partial charge in [-0.3, -0.25) is 14.2 Å². The number of aliphatic carboxylic acids is 1. The van der Waals surface area contributed by atoms with Crippen LogP contribution in [0.25, 0.3) is 10.9 Å². The van der Waals surface area contributed by atoms with Gasteiger partial charge in [0.2, 0.25) is 5.91 Å². The average molecular weight is 393 g/mol. The van der Waals surface area contributed by atoms with Gasteiger partial charge in [-0.05, 0) is 23.6 Å². The number of carboxylic acid groups (broad SMARTS) is 1. The lowest BCUT2D eigenvalue weighted by atomic mass is 10.0.